The molecule has 0 aliphatic carbocycles. The number of rotatable bonds is 5. The van der Waals surface area contributed by atoms with Crippen LogP contribution in [0.15, 0.2) is 45.9 Å². The number of aliphatic hydroxyl groups is 1. The van der Waals surface area contributed by atoms with E-state index in [4.69, 9.17) is 14.6 Å². The van der Waals surface area contributed by atoms with Crippen LogP contribution >= 0.6 is 0 Å². The number of benzene rings is 1. The van der Waals surface area contributed by atoms with Crippen molar-refractivity contribution in [2.24, 2.45) is 4.36 Å². The van der Waals surface area contributed by atoms with Crippen LogP contribution in [0.5, 0.6) is 11.5 Å². The van der Waals surface area contributed by atoms with E-state index < -0.39 is 15.6 Å². The maximum atomic E-state index is 13.0. The summed E-state index contributed by atoms with van der Waals surface area (Å²) in [6.45, 7) is -0.0440. The molecule has 7 nitrogen and oxygen atoms in total. The Hall–Kier alpha value is -2.89. The van der Waals surface area contributed by atoms with Crippen LogP contribution in [-0.2, 0) is 9.73 Å². The van der Waals surface area contributed by atoms with Gasteiger partial charge in [-0.1, -0.05) is 11.8 Å². The van der Waals surface area contributed by atoms with Gasteiger partial charge in [-0.15, -0.1) is 0 Å². The van der Waals surface area contributed by atoms with Gasteiger partial charge in [-0.3, -0.25) is 9.78 Å². The molecule has 1 unspecified atom stereocenters. The summed E-state index contributed by atoms with van der Waals surface area (Å²) in [4.78, 5) is 16.8. The van der Waals surface area contributed by atoms with Crippen LogP contribution in [-0.4, -0.2) is 47.3 Å². The average molecular weight is 388 g/mol. The van der Waals surface area contributed by atoms with Crippen LogP contribution in [0.1, 0.15) is 22.3 Å². The fraction of sp³-hybridized carbons (Fsp3) is 0.263. The fourth-order valence-electron chi connectivity index (χ4n) is 2.16. The number of amides is 1. The molecule has 8 heteroatoms. The first-order valence-electron chi connectivity index (χ1n) is 7.94. The average Bonchev–Trinajstić information content (AvgIpc) is 2.67. The summed E-state index contributed by atoms with van der Waals surface area (Å²) in [5.41, 5.74) is 0.694. The summed E-state index contributed by atoms with van der Waals surface area (Å²) in [5.74, 6) is 5.77. The van der Waals surface area contributed by atoms with Crippen molar-refractivity contribution in [3.63, 3.8) is 0 Å². The Morgan fingerprint density at radius 1 is 1.22 bits per heavy atom. The second-order valence-electron chi connectivity index (χ2n) is 5.45. The second-order valence-corrected chi connectivity index (χ2v) is 7.71. The van der Waals surface area contributed by atoms with Gasteiger partial charge in [0, 0.05) is 36.7 Å². The van der Waals surface area contributed by atoms with Crippen molar-refractivity contribution >= 4 is 15.6 Å². The van der Waals surface area contributed by atoms with Gasteiger partial charge in [0.05, 0.1) is 41.0 Å². The number of hydrogen-bond donors (Lipinski definition) is 1. The van der Waals surface area contributed by atoms with Gasteiger partial charge < -0.3 is 14.6 Å². The minimum Gasteiger partial charge on any atom is -0.493 e. The number of hydrogen-bond acceptors (Lipinski definition) is 6. The maximum Gasteiger partial charge on any atom is 0.286 e. The molecule has 0 radical (unpaired) electrons. The van der Waals surface area contributed by atoms with Gasteiger partial charge in [-0.05, 0) is 18.2 Å². The fourth-order valence-corrected chi connectivity index (χ4v) is 3.33. The van der Waals surface area contributed by atoms with Crippen molar-refractivity contribution < 1.29 is 23.6 Å². The standard InChI is InChI=1S/C19H20N2O5S/c1-25-17-8-7-16(11-18(17)26-2)27(3,24)21-19(23)15-10-14(12-20-13-15)6-4-5-9-22/h7-8,10-13,22H,5,9H2,1-3H3. The molecule has 1 amide bonds. The van der Waals surface area contributed by atoms with E-state index in [1.807, 2.05) is 0 Å². The highest BCUT2D eigenvalue weighted by Gasteiger charge is 2.15. The topological polar surface area (TPSA) is 98.1 Å². The normalized spacial score (nSPS) is 12.3. The molecule has 0 fully saturated rings. The van der Waals surface area contributed by atoms with Crippen molar-refractivity contribution in [1.29, 1.82) is 0 Å². The Morgan fingerprint density at radius 2 is 1.96 bits per heavy atom. The van der Waals surface area contributed by atoms with E-state index in [1.165, 1.54) is 45.0 Å². The van der Waals surface area contributed by atoms with Crippen LogP contribution in [0.2, 0.25) is 0 Å². The molecule has 2 aromatic rings. The van der Waals surface area contributed by atoms with Crippen molar-refractivity contribution in [1.82, 2.24) is 4.98 Å². The molecule has 0 saturated heterocycles. The summed E-state index contributed by atoms with van der Waals surface area (Å²) in [6, 6.07) is 6.24. The van der Waals surface area contributed by atoms with Crippen molar-refractivity contribution in [3.05, 3.63) is 47.8 Å². The second kappa shape index (κ2) is 9.16. The van der Waals surface area contributed by atoms with Gasteiger partial charge in [0.1, 0.15) is 0 Å². The monoisotopic (exact) mass is 388 g/mol. The van der Waals surface area contributed by atoms with E-state index in [2.05, 4.69) is 21.2 Å². The predicted octanol–water partition coefficient (Wildman–Crippen LogP) is 2.13. The van der Waals surface area contributed by atoms with Crippen LogP contribution in [0, 0.1) is 11.8 Å². The molecule has 2 rings (SSSR count). The minimum absolute atomic E-state index is 0.0440. The highest BCUT2D eigenvalue weighted by atomic mass is 32.2. The van der Waals surface area contributed by atoms with E-state index in [-0.39, 0.29) is 12.2 Å². The Labute approximate surface area is 158 Å². The van der Waals surface area contributed by atoms with Crippen LogP contribution < -0.4 is 9.47 Å². The van der Waals surface area contributed by atoms with Crippen molar-refractivity contribution in [2.75, 3.05) is 27.1 Å². The van der Waals surface area contributed by atoms with Crippen molar-refractivity contribution in [2.45, 2.75) is 11.3 Å². The van der Waals surface area contributed by atoms with E-state index in [9.17, 15) is 9.00 Å². The van der Waals surface area contributed by atoms with Crippen LogP contribution in [0.4, 0.5) is 0 Å². The van der Waals surface area contributed by atoms with Gasteiger partial charge in [-0.2, -0.15) is 4.36 Å². The summed E-state index contributed by atoms with van der Waals surface area (Å²) in [6.07, 6.45) is 4.54. The summed E-state index contributed by atoms with van der Waals surface area (Å²) >= 11 is 0. The number of carbonyl (C=O) groups is 1. The third kappa shape index (κ3) is 5.29. The molecule has 142 valence electrons. The lowest BCUT2D eigenvalue weighted by Gasteiger charge is -2.10. The molecular weight excluding hydrogens is 368 g/mol. The number of nitrogens with zero attached hydrogens (tertiary/aromatic N) is 2. The number of carbonyl (C=O) groups excluding carboxylic acids is 1. The van der Waals surface area contributed by atoms with Gasteiger partial charge >= 0.3 is 0 Å². The quantitative estimate of drug-likeness (QED) is 0.788. The Bertz CT molecular complexity index is 1010. The smallest absolute Gasteiger partial charge is 0.286 e. The molecule has 27 heavy (non-hydrogen) atoms. The zero-order valence-electron chi connectivity index (χ0n) is 15.3. The number of methoxy groups -OCH3 is 2. The SMILES string of the molecule is COc1ccc(S(C)(=O)=NC(=O)c2cncc(C#CCCO)c2)cc1OC. The van der Waals surface area contributed by atoms with Crippen LogP contribution in [0.25, 0.3) is 0 Å². The molecule has 0 spiro atoms. The number of aliphatic hydroxyl groups excluding tert-OH is 1. The Balaban J connectivity index is 2.37. The van der Waals surface area contributed by atoms with E-state index in [0.29, 0.717) is 28.4 Å². The van der Waals surface area contributed by atoms with E-state index in [0.717, 1.165) is 0 Å². The van der Waals surface area contributed by atoms with Gasteiger partial charge in [0.2, 0.25) is 0 Å². The largest absolute Gasteiger partial charge is 0.493 e. The first-order chi connectivity index (χ1) is 12.9. The lowest BCUT2D eigenvalue weighted by atomic mass is 10.2. The predicted molar refractivity (Wildman–Crippen MR) is 101 cm³/mol. The Morgan fingerprint density at radius 3 is 2.63 bits per heavy atom. The lowest BCUT2D eigenvalue weighted by Crippen LogP contribution is -2.05. The molecule has 1 heterocycles. The third-order valence-corrected chi connectivity index (χ3v) is 5.15. The first-order valence-corrected chi connectivity index (χ1v) is 9.87. The number of aromatic nitrogens is 1. The molecule has 0 aliphatic heterocycles. The molecular formula is C19H20N2O5S. The molecule has 1 aromatic heterocycles. The molecule has 1 aromatic carbocycles. The lowest BCUT2D eigenvalue weighted by molar-refractivity contribution is 0.100. The van der Waals surface area contributed by atoms with Gasteiger partial charge in [0.25, 0.3) is 5.91 Å². The zero-order chi connectivity index (χ0) is 19.9. The molecule has 0 bridgehead atoms. The molecule has 0 saturated carbocycles. The zero-order valence-corrected chi connectivity index (χ0v) is 16.1. The maximum absolute atomic E-state index is 13.0. The highest BCUT2D eigenvalue weighted by Crippen LogP contribution is 2.30. The number of pyridine rings is 1. The molecule has 1 atom stereocenters. The summed E-state index contributed by atoms with van der Waals surface area (Å²) in [7, 11) is -0.0392. The van der Waals surface area contributed by atoms with E-state index >= 15 is 0 Å². The Kier molecular flexibility index (Phi) is 6.93. The van der Waals surface area contributed by atoms with Crippen LogP contribution in [0.3, 0.4) is 0 Å². The molecule has 1 N–H and O–H groups in total. The van der Waals surface area contributed by atoms with Gasteiger partial charge in [0.15, 0.2) is 11.5 Å². The first kappa shape index (κ1) is 20.4. The third-order valence-electron chi connectivity index (χ3n) is 3.50. The summed E-state index contributed by atoms with van der Waals surface area (Å²) in [5, 5.41) is 8.76. The highest BCUT2D eigenvalue weighted by molar-refractivity contribution is 7.93. The van der Waals surface area contributed by atoms with Crippen molar-refractivity contribution in [3.8, 4) is 23.3 Å². The summed E-state index contributed by atoms with van der Waals surface area (Å²) < 4.78 is 27.2. The minimum atomic E-state index is -3.01. The number of ether oxygens (including phenoxy) is 2. The van der Waals surface area contributed by atoms with Gasteiger partial charge in [-0.25, -0.2) is 4.21 Å². The van der Waals surface area contributed by atoms with E-state index in [1.54, 1.807) is 12.1 Å². The molecule has 0 aliphatic rings.